The molecule has 0 aliphatic heterocycles. The maximum absolute atomic E-state index is 12.2. The van der Waals surface area contributed by atoms with Crippen molar-refractivity contribution in [1.82, 2.24) is 25.1 Å². The Morgan fingerprint density at radius 3 is 2.96 bits per heavy atom. The summed E-state index contributed by atoms with van der Waals surface area (Å²) in [4.78, 5) is 26.0. The molecule has 0 aliphatic carbocycles. The van der Waals surface area contributed by atoms with Crippen LogP contribution in [0.1, 0.15) is 17.3 Å². The molecule has 0 saturated heterocycles. The summed E-state index contributed by atoms with van der Waals surface area (Å²) in [5.41, 5.74) is 0.362. The number of esters is 1. The molecule has 0 spiro atoms. The van der Waals surface area contributed by atoms with E-state index in [2.05, 4.69) is 20.8 Å². The molecular formula is C14H20N6O3S2. The molecule has 9 nitrogen and oxygen atoms in total. The Hall–Kier alpha value is -1.98. The van der Waals surface area contributed by atoms with Crippen LogP contribution in [0.25, 0.3) is 0 Å². The average molecular weight is 384 g/mol. The maximum Gasteiger partial charge on any atom is 0.341 e. The Balaban J connectivity index is 1.89. The largest absolute Gasteiger partial charge is 0.462 e. The van der Waals surface area contributed by atoms with E-state index >= 15 is 0 Å². The highest BCUT2D eigenvalue weighted by Crippen LogP contribution is 2.24. The number of amides is 1. The number of likely N-dealkylation sites (N-methyl/N-ethyl adjacent to an activating group) is 1. The van der Waals surface area contributed by atoms with Crippen LogP contribution < -0.4 is 5.32 Å². The molecule has 0 aromatic carbocycles. The minimum absolute atomic E-state index is 0.141. The summed E-state index contributed by atoms with van der Waals surface area (Å²) in [5.74, 6) is -0.540. The molecule has 0 unspecified atom stereocenters. The van der Waals surface area contributed by atoms with Crippen molar-refractivity contribution >= 4 is 40.0 Å². The number of aromatic nitrogens is 4. The molecule has 0 bridgehead atoms. The molecule has 2 heterocycles. The fourth-order valence-electron chi connectivity index (χ4n) is 1.80. The van der Waals surface area contributed by atoms with Crippen molar-refractivity contribution in [3.8, 4) is 0 Å². The van der Waals surface area contributed by atoms with Crippen LogP contribution >= 0.6 is 23.1 Å². The first-order valence-corrected chi connectivity index (χ1v) is 9.46. The van der Waals surface area contributed by atoms with Crippen LogP contribution in [0.4, 0.5) is 5.00 Å². The van der Waals surface area contributed by atoms with Gasteiger partial charge in [-0.2, -0.15) is 0 Å². The van der Waals surface area contributed by atoms with Gasteiger partial charge in [0.1, 0.15) is 5.00 Å². The fraction of sp³-hybridized carbons (Fsp3) is 0.500. The lowest BCUT2D eigenvalue weighted by Gasteiger charge is -2.09. The topological polar surface area (TPSA) is 102 Å². The maximum atomic E-state index is 12.2. The van der Waals surface area contributed by atoms with Gasteiger partial charge in [-0.1, -0.05) is 11.8 Å². The van der Waals surface area contributed by atoms with Crippen LogP contribution in [0.3, 0.4) is 0 Å². The minimum atomic E-state index is -0.445. The van der Waals surface area contributed by atoms with Crippen LogP contribution in [-0.4, -0.2) is 70.0 Å². The van der Waals surface area contributed by atoms with Gasteiger partial charge in [0.15, 0.2) is 0 Å². The number of hydrogen-bond acceptors (Lipinski definition) is 9. The van der Waals surface area contributed by atoms with E-state index in [-0.39, 0.29) is 18.3 Å². The Labute approximate surface area is 153 Å². The van der Waals surface area contributed by atoms with Crippen molar-refractivity contribution < 1.29 is 14.3 Å². The Kier molecular flexibility index (Phi) is 7.34. The normalized spacial score (nSPS) is 10.9. The van der Waals surface area contributed by atoms with Gasteiger partial charge in [0.25, 0.3) is 0 Å². The minimum Gasteiger partial charge on any atom is -0.462 e. The summed E-state index contributed by atoms with van der Waals surface area (Å²) in [5, 5.41) is 17.0. The highest BCUT2D eigenvalue weighted by molar-refractivity contribution is 7.99. The second-order valence-corrected chi connectivity index (χ2v) is 7.07. The number of carbonyl (C=O) groups is 2. The zero-order valence-corrected chi connectivity index (χ0v) is 15.9. The molecule has 0 radical (unpaired) electrons. The van der Waals surface area contributed by atoms with E-state index in [1.54, 1.807) is 23.1 Å². The fourth-order valence-corrected chi connectivity index (χ4v) is 3.30. The second-order valence-electron chi connectivity index (χ2n) is 5.21. The summed E-state index contributed by atoms with van der Waals surface area (Å²) in [6.07, 6.45) is 0. The van der Waals surface area contributed by atoms with Crippen LogP contribution in [0.5, 0.6) is 0 Å². The van der Waals surface area contributed by atoms with Crippen LogP contribution in [0.15, 0.2) is 16.6 Å². The zero-order chi connectivity index (χ0) is 18.2. The number of nitrogens with zero attached hydrogens (tertiary/aromatic N) is 5. The average Bonchev–Trinajstić information content (AvgIpc) is 3.20. The zero-order valence-electron chi connectivity index (χ0n) is 14.3. The van der Waals surface area contributed by atoms with Gasteiger partial charge in [-0.3, -0.25) is 4.79 Å². The van der Waals surface area contributed by atoms with Crippen LogP contribution in [-0.2, 0) is 16.1 Å². The first-order chi connectivity index (χ1) is 12.0. The quantitative estimate of drug-likeness (QED) is 0.508. The number of nitrogens with one attached hydrogen (secondary N) is 1. The third-order valence-electron chi connectivity index (χ3n) is 3.00. The van der Waals surface area contributed by atoms with Crippen molar-refractivity contribution in [2.75, 3.05) is 38.3 Å². The summed E-state index contributed by atoms with van der Waals surface area (Å²) < 4.78 is 6.63. The predicted molar refractivity (Wildman–Crippen MR) is 96.0 cm³/mol. The van der Waals surface area contributed by atoms with E-state index < -0.39 is 5.97 Å². The first-order valence-electron chi connectivity index (χ1n) is 7.59. The van der Waals surface area contributed by atoms with Crippen molar-refractivity contribution in [2.45, 2.75) is 18.6 Å². The Morgan fingerprint density at radius 1 is 1.44 bits per heavy atom. The summed E-state index contributed by atoms with van der Waals surface area (Å²) in [7, 11) is 3.93. The molecule has 25 heavy (non-hydrogen) atoms. The van der Waals surface area contributed by atoms with Gasteiger partial charge in [0, 0.05) is 6.54 Å². The van der Waals surface area contributed by atoms with E-state index in [0.29, 0.717) is 22.3 Å². The van der Waals surface area contributed by atoms with Gasteiger partial charge < -0.3 is 15.0 Å². The number of hydrogen-bond donors (Lipinski definition) is 1. The lowest BCUT2D eigenvalue weighted by Crippen LogP contribution is -2.20. The van der Waals surface area contributed by atoms with Gasteiger partial charge in [0.05, 0.1) is 24.5 Å². The van der Waals surface area contributed by atoms with E-state index in [1.807, 2.05) is 19.0 Å². The number of thioether (sulfide) groups is 1. The van der Waals surface area contributed by atoms with Gasteiger partial charge in [-0.25, -0.2) is 9.48 Å². The standard InChI is InChI=1S/C14H20N6O3S2/c1-4-23-13(22)10-5-8-24-12(10)15-11(21)9-25-14-16-17-18-20(14)7-6-19(2)3/h5,8H,4,6-7,9H2,1-3H3,(H,15,21). The summed E-state index contributed by atoms with van der Waals surface area (Å²) in [6, 6.07) is 1.63. The number of rotatable bonds is 9. The molecule has 1 amide bonds. The van der Waals surface area contributed by atoms with Crippen LogP contribution in [0.2, 0.25) is 0 Å². The van der Waals surface area contributed by atoms with Gasteiger partial charge in [0.2, 0.25) is 11.1 Å². The molecule has 0 saturated carbocycles. The van der Waals surface area contributed by atoms with E-state index in [0.717, 1.165) is 6.54 Å². The number of ether oxygens (including phenoxy) is 1. The number of anilines is 1. The SMILES string of the molecule is CCOC(=O)c1ccsc1NC(=O)CSc1nnnn1CCN(C)C. The number of tetrazole rings is 1. The van der Waals surface area contributed by atoms with Gasteiger partial charge in [-0.05, 0) is 42.9 Å². The van der Waals surface area contributed by atoms with Crippen molar-refractivity contribution in [3.63, 3.8) is 0 Å². The van der Waals surface area contributed by atoms with E-state index in [9.17, 15) is 9.59 Å². The second kappa shape index (κ2) is 9.49. The number of thiophene rings is 1. The molecule has 0 atom stereocenters. The van der Waals surface area contributed by atoms with Crippen molar-refractivity contribution in [1.29, 1.82) is 0 Å². The lowest BCUT2D eigenvalue weighted by molar-refractivity contribution is -0.113. The molecule has 0 aliphatic rings. The molecule has 2 rings (SSSR count). The third kappa shape index (κ3) is 5.80. The molecular weight excluding hydrogens is 364 g/mol. The van der Waals surface area contributed by atoms with Gasteiger partial charge in [-0.15, -0.1) is 16.4 Å². The third-order valence-corrected chi connectivity index (χ3v) is 4.79. The van der Waals surface area contributed by atoms with Crippen LogP contribution in [0, 0.1) is 0 Å². The van der Waals surface area contributed by atoms with E-state index in [4.69, 9.17) is 4.74 Å². The summed E-state index contributed by atoms with van der Waals surface area (Å²) >= 11 is 2.52. The predicted octanol–water partition coefficient (Wildman–Crippen LogP) is 1.20. The first kappa shape index (κ1) is 19.3. The molecule has 11 heteroatoms. The number of carbonyl (C=O) groups excluding carboxylic acids is 2. The van der Waals surface area contributed by atoms with Crippen molar-refractivity contribution in [2.24, 2.45) is 0 Å². The molecule has 1 N–H and O–H groups in total. The highest BCUT2D eigenvalue weighted by Gasteiger charge is 2.17. The summed E-state index contributed by atoms with van der Waals surface area (Å²) in [6.45, 7) is 3.46. The smallest absolute Gasteiger partial charge is 0.341 e. The monoisotopic (exact) mass is 384 g/mol. The van der Waals surface area contributed by atoms with Crippen molar-refractivity contribution in [3.05, 3.63) is 17.0 Å². The molecule has 136 valence electrons. The molecule has 0 fully saturated rings. The lowest BCUT2D eigenvalue weighted by atomic mass is 10.3. The molecule has 2 aromatic rings. The van der Waals surface area contributed by atoms with E-state index in [1.165, 1.54) is 23.1 Å². The Bertz CT molecular complexity index is 715. The Morgan fingerprint density at radius 2 is 2.24 bits per heavy atom. The van der Waals surface area contributed by atoms with Gasteiger partial charge >= 0.3 is 5.97 Å². The highest BCUT2D eigenvalue weighted by atomic mass is 32.2. The molecule has 2 aromatic heterocycles.